The van der Waals surface area contributed by atoms with E-state index in [1.54, 1.807) is 30.3 Å². The highest BCUT2D eigenvalue weighted by molar-refractivity contribution is 7.89. The molecule has 1 N–H and O–H groups in total. The summed E-state index contributed by atoms with van der Waals surface area (Å²) in [6, 6.07) is 9.54. The number of carbonyl (C=O) groups is 1. The van der Waals surface area contributed by atoms with Crippen LogP contribution in [0, 0.1) is 6.92 Å². The van der Waals surface area contributed by atoms with E-state index in [0.29, 0.717) is 44.2 Å². The second-order valence-corrected chi connectivity index (χ2v) is 9.47. The van der Waals surface area contributed by atoms with Crippen molar-refractivity contribution in [3.63, 3.8) is 0 Å². The number of nitrogens with zero attached hydrogens (tertiary/aromatic N) is 3. The van der Waals surface area contributed by atoms with Crippen LogP contribution in [-0.2, 0) is 32.6 Å². The van der Waals surface area contributed by atoms with Crippen LogP contribution in [0.15, 0.2) is 41.3 Å². The molecule has 0 atom stereocenters. The normalized spacial score (nSPS) is 15.2. The monoisotopic (exact) mass is 459 g/mol. The van der Waals surface area contributed by atoms with Gasteiger partial charge in [0.1, 0.15) is 23.7 Å². The Morgan fingerprint density at radius 2 is 1.94 bits per heavy atom. The minimum absolute atomic E-state index is 0.0862. The van der Waals surface area contributed by atoms with Gasteiger partial charge in [-0.05, 0) is 44.2 Å². The summed E-state index contributed by atoms with van der Waals surface area (Å²) in [5.41, 5.74) is 2.16. The van der Waals surface area contributed by atoms with E-state index in [9.17, 15) is 18.3 Å². The molecule has 32 heavy (non-hydrogen) atoms. The zero-order valence-electron chi connectivity index (χ0n) is 17.9. The predicted octanol–water partition coefficient (Wildman–Crippen LogP) is 2.45. The lowest BCUT2D eigenvalue weighted by Gasteiger charge is -2.26. The first-order valence-corrected chi connectivity index (χ1v) is 11.8. The summed E-state index contributed by atoms with van der Waals surface area (Å²) in [6.45, 7) is 5.57. The van der Waals surface area contributed by atoms with E-state index in [-0.39, 0.29) is 22.8 Å². The molecule has 0 bridgehead atoms. The lowest BCUT2D eigenvalue weighted by atomic mass is 10.1. The molecule has 3 aromatic rings. The van der Waals surface area contributed by atoms with Crippen LogP contribution in [0.1, 0.15) is 28.7 Å². The lowest BCUT2D eigenvalue weighted by molar-refractivity contribution is 0.0455. The second-order valence-electron chi connectivity index (χ2n) is 7.54. The average molecular weight is 460 g/mol. The van der Waals surface area contributed by atoms with Crippen molar-refractivity contribution >= 4 is 27.0 Å². The zero-order chi connectivity index (χ0) is 22.9. The number of rotatable bonds is 6. The third kappa shape index (κ3) is 4.21. The molecule has 1 fully saturated rings. The van der Waals surface area contributed by atoms with Crippen LogP contribution in [0.4, 0.5) is 0 Å². The Hall–Kier alpha value is -2.95. The quantitative estimate of drug-likeness (QED) is 0.564. The number of benzene rings is 2. The van der Waals surface area contributed by atoms with Gasteiger partial charge in [0.2, 0.25) is 10.0 Å². The third-order valence-corrected chi connectivity index (χ3v) is 7.32. The van der Waals surface area contributed by atoms with Crippen LogP contribution in [0.25, 0.3) is 11.0 Å². The fourth-order valence-corrected chi connectivity index (χ4v) is 5.17. The number of aromatic nitrogens is 2. The number of sulfonamides is 1. The summed E-state index contributed by atoms with van der Waals surface area (Å²) in [5, 5.41) is 9.94. The number of imidazole rings is 1. The number of phenolic OH excluding ortho intramolecular Hbond substituents is 1. The number of fused-ring (bicyclic) bond motifs is 1. The van der Waals surface area contributed by atoms with E-state index in [0.717, 1.165) is 11.1 Å². The first-order valence-electron chi connectivity index (χ1n) is 10.3. The molecule has 9 nitrogen and oxygen atoms in total. The highest BCUT2D eigenvalue weighted by Gasteiger charge is 2.27. The third-order valence-electron chi connectivity index (χ3n) is 5.43. The summed E-state index contributed by atoms with van der Waals surface area (Å²) in [4.78, 5) is 17.1. The summed E-state index contributed by atoms with van der Waals surface area (Å²) >= 11 is 0. The molecule has 0 aliphatic carbocycles. The van der Waals surface area contributed by atoms with Crippen LogP contribution in [0.5, 0.6) is 5.75 Å². The van der Waals surface area contributed by atoms with Crippen LogP contribution in [0.3, 0.4) is 0 Å². The Morgan fingerprint density at radius 3 is 2.66 bits per heavy atom. The first-order chi connectivity index (χ1) is 15.3. The summed E-state index contributed by atoms with van der Waals surface area (Å²) in [5.74, 6) is -0.317. The zero-order valence-corrected chi connectivity index (χ0v) is 18.8. The number of phenols is 1. The van der Waals surface area contributed by atoms with Gasteiger partial charge in [-0.2, -0.15) is 4.31 Å². The van der Waals surface area contributed by atoms with Crippen molar-refractivity contribution in [1.29, 1.82) is 0 Å². The van der Waals surface area contributed by atoms with Crippen molar-refractivity contribution in [3.05, 3.63) is 53.3 Å². The van der Waals surface area contributed by atoms with Gasteiger partial charge in [0.25, 0.3) is 0 Å². The Balaban J connectivity index is 1.60. The van der Waals surface area contributed by atoms with Gasteiger partial charge in [0.05, 0.1) is 29.1 Å². The molecule has 1 aliphatic heterocycles. The van der Waals surface area contributed by atoms with Gasteiger partial charge in [-0.1, -0.05) is 11.6 Å². The molecule has 0 radical (unpaired) electrons. The van der Waals surface area contributed by atoms with Gasteiger partial charge >= 0.3 is 5.97 Å². The van der Waals surface area contributed by atoms with E-state index >= 15 is 0 Å². The largest absolute Gasteiger partial charge is 0.507 e. The molecule has 1 aliphatic rings. The fourth-order valence-electron chi connectivity index (χ4n) is 3.74. The van der Waals surface area contributed by atoms with E-state index in [4.69, 9.17) is 9.47 Å². The molecular formula is C22H25N3O6S. The van der Waals surface area contributed by atoms with Gasteiger partial charge in [-0.25, -0.2) is 18.2 Å². The molecule has 2 heterocycles. The molecule has 1 aromatic heterocycles. The minimum Gasteiger partial charge on any atom is -0.507 e. The highest BCUT2D eigenvalue weighted by atomic mass is 32.2. The number of carbonyl (C=O) groups excluding carboxylic acids is 1. The number of morpholine rings is 1. The molecule has 10 heteroatoms. The average Bonchev–Trinajstić information content (AvgIpc) is 3.16. The Kier molecular flexibility index (Phi) is 6.18. The number of ether oxygens (including phenoxy) is 2. The topological polar surface area (TPSA) is 111 Å². The van der Waals surface area contributed by atoms with Crippen LogP contribution in [-0.4, -0.2) is 59.7 Å². The molecule has 170 valence electrons. The van der Waals surface area contributed by atoms with Gasteiger partial charge in [0.15, 0.2) is 0 Å². The van der Waals surface area contributed by atoms with Gasteiger partial charge in [-0.3, -0.25) is 0 Å². The molecule has 0 saturated carbocycles. The highest BCUT2D eigenvalue weighted by Crippen LogP contribution is 2.25. The number of hydrogen-bond donors (Lipinski definition) is 1. The molecule has 2 aromatic carbocycles. The van der Waals surface area contributed by atoms with Crippen LogP contribution >= 0.6 is 0 Å². The Labute approximate surface area is 186 Å². The van der Waals surface area contributed by atoms with Crippen molar-refractivity contribution in [1.82, 2.24) is 13.9 Å². The van der Waals surface area contributed by atoms with E-state index in [1.807, 2.05) is 18.4 Å². The fraction of sp³-hybridized carbons (Fsp3) is 0.364. The standard InChI is InChI=1S/C22H25N3O6S/c1-3-25-19-6-5-16(32(28,29)24-8-10-30-11-9-24)13-18(19)23-21(25)14-31-22(27)17-12-15(2)4-7-20(17)26/h4-7,12-13,26H,3,8-11,14H2,1-2H3. The molecule has 4 rings (SSSR count). The van der Waals surface area contributed by atoms with Crippen molar-refractivity contribution in [2.75, 3.05) is 26.3 Å². The molecule has 1 saturated heterocycles. The van der Waals surface area contributed by atoms with Gasteiger partial charge in [0, 0.05) is 19.6 Å². The van der Waals surface area contributed by atoms with Gasteiger partial charge < -0.3 is 19.1 Å². The van der Waals surface area contributed by atoms with Crippen molar-refractivity contribution in [2.24, 2.45) is 0 Å². The van der Waals surface area contributed by atoms with E-state index in [2.05, 4.69) is 4.98 Å². The molecule has 0 spiro atoms. The summed E-state index contributed by atoms with van der Waals surface area (Å²) in [6.07, 6.45) is 0. The van der Waals surface area contributed by atoms with Crippen molar-refractivity contribution in [3.8, 4) is 5.75 Å². The Bertz CT molecular complexity index is 1260. The van der Waals surface area contributed by atoms with Crippen molar-refractivity contribution < 1.29 is 27.8 Å². The first kappa shape index (κ1) is 22.3. The van der Waals surface area contributed by atoms with E-state index in [1.165, 1.54) is 10.4 Å². The maximum absolute atomic E-state index is 13.0. The number of aryl methyl sites for hydroxylation is 2. The predicted molar refractivity (Wildman–Crippen MR) is 117 cm³/mol. The minimum atomic E-state index is -3.64. The van der Waals surface area contributed by atoms with Gasteiger partial charge in [-0.15, -0.1) is 0 Å². The number of esters is 1. The van der Waals surface area contributed by atoms with E-state index < -0.39 is 16.0 Å². The summed E-state index contributed by atoms with van der Waals surface area (Å²) in [7, 11) is -3.64. The van der Waals surface area contributed by atoms with Crippen LogP contribution < -0.4 is 0 Å². The molecule has 0 unspecified atom stereocenters. The summed E-state index contributed by atoms with van der Waals surface area (Å²) < 4.78 is 39.8. The smallest absolute Gasteiger partial charge is 0.342 e. The maximum atomic E-state index is 13.0. The molecular weight excluding hydrogens is 434 g/mol. The number of hydrogen-bond acceptors (Lipinski definition) is 7. The van der Waals surface area contributed by atoms with Crippen LogP contribution in [0.2, 0.25) is 0 Å². The Morgan fingerprint density at radius 1 is 1.19 bits per heavy atom. The maximum Gasteiger partial charge on any atom is 0.342 e. The SMILES string of the molecule is CCn1c(COC(=O)c2cc(C)ccc2O)nc2cc(S(=O)(=O)N3CCOCC3)ccc21. The van der Waals surface area contributed by atoms with Crippen molar-refractivity contribution in [2.45, 2.75) is 31.9 Å². The lowest BCUT2D eigenvalue weighted by Crippen LogP contribution is -2.40. The molecule has 0 amide bonds. The number of aromatic hydroxyl groups is 1. The second kappa shape index (κ2) is 8.89.